The van der Waals surface area contributed by atoms with E-state index in [1.165, 1.54) is 4.90 Å². The number of hydrogen-bond acceptors (Lipinski definition) is 3. The third-order valence-corrected chi connectivity index (χ3v) is 3.17. The average Bonchev–Trinajstić information content (AvgIpc) is 2.40. The summed E-state index contributed by atoms with van der Waals surface area (Å²) in [6.07, 6.45) is 2.06. The maximum atomic E-state index is 5.76. The molecule has 0 aliphatic heterocycles. The van der Waals surface area contributed by atoms with Gasteiger partial charge >= 0.3 is 0 Å². The fourth-order valence-corrected chi connectivity index (χ4v) is 1.92. The van der Waals surface area contributed by atoms with Gasteiger partial charge in [-0.2, -0.15) is 0 Å². The van der Waals surface area contributed by atoms with Crippen molar-refractivity contribution in [2.45, 2.75) is 11.4 Å². The van der Waals surface area contributed by atoms with Crippen molar-refractivity contribution in [3.8, 4) is 11.5 Å². The molecule has 0 aromatic heterocycles. The monoisotopic (exact) mass is 245 g/mol. The van der Waals surface area contributed by atoms with Crippen molar-refractivity contribution in [2.75, 3.05) is 6.26 Å². The Morgan fingerprint density at radius 3 is 2.47 bits per heavy atom. The topological polar surface area (TPSA) is 35.2 Å². The van der Waals surface area contributed by atoms with Crippen molar-refractivity contribution in [2.24, 2.45) is 5.73 Å². The maximum absolute atomic E-state index is 5.76. The average molecular weight is 245 g/mol. The van der Waals surface area contributed by atoms with Gasteiger partial charge in [0.05, 0.1) is 0 Å². The highest BCUT2D eigenvalue weighted by Crippen LogP contribution is 2.24. The van der Waals surface area contributed by atoms with Crippen molar-refractivity contribution in [1.29, 1.82) is 0 Å². The molecular formula is C14H15NOS. The molecule has 0 heterocycles. The van der Waals surface area contributed by atoms with Crippen LogP contribution in [0.1, 0.15) is 5.56 Å². The summed E-state index contributed by atoms with van der Waals surface area (Å²) >= 11 is 1.72. The lowest BCUT2D eigenvalue weighted by Crippen LogP contribution is -1.96. The minimum atomic E-state index is 0.530. The van der Waals surface area contributed by atoms with E-state index in [2.05, 4.69) is 6.26 Å². The summed E-state index contributed by atoms with van der Waals surface area (Å²) in [5.74, 6) is 1.67. The van der Waals surface area contributed by atoms with Crippen LogP contribution in [0.5, 0.6) is 11.5 Å². The van der Waals surface area contributed by atoms with Crippen LogP contribution in [0.4, 0.5) is 0 Å². The van der Waals surface area contributed by atoms with Crippen LogP contribution in [0.15, 0.2) is 53.4 Å². The van der Waals surface area contributed by atoms with E-state index in [4.69, 9.17) is 10.5 Å². The quantitative estimate of drug-likeness (QED) is 0.835. The molecule has 0 radical (unpaired) electrons. The molecule has 0 amide bonds. The first-order chi connectivity index (χ1) is 8.31. The van der Waals surface area contributed by atoms with Gasteiger partial charge in [0.15, 0.2) is 0 Å². The number of benzene rings is 2. The molecule has 2 rings (SSSR count). The zero-order valence-corrected chi connectivity index (χ0v) is 10.5. The lowest BCUT2D eigenvalue weighted by atomic mass is 10.2. The first-order valence-corrected chi connectivity index (χ1v) is 6.65. The van der Waals surface area contributed by atoms with Gasteiger partial charge in [-0.25, -0.2) is 0 Å². The Kier molecular flexibility index (Phi) is 4.07. The number of thioether (sulfide) groups is 1. The van der Waals surface area contributed by atoms with Crippen LogP contribution in [-0.2, 0) is 6.54 Å². The Hall–Kier alpha value is -1.45. The molecule has 2 aromatic carbocycles. The second-order valence-electron chi connectivity index (χ2n) is 3.63. The number of ether oxygens (including phenoxy) is 1. The fraction of sp³-hybridized carbons (Fsp3) is 0.143. The van der Waals surface area contributed by atoms with Crippen LogP contribution in [0.3, 0.4) is 0 Å². The van der Waals surface area contributed by atoms with Gasteiger partial charge in [-0.1, -0.05) is 12.1 Å². The van der Waals surface area contributed by atoms with Gasteiger partial charge in [0, 0.05) is 11.4 Å². The van der Waals surface area contributed by atoms with Gasteiger partial charge in [-0.3, -0.25) is 0 Å². The normalized spacial score (nSPS) is 10.2. The standard InChI is InChI=1S/C14H15NOS/c1-17-14-7-5-12(6-8-14)16-13-4-2-3-11(9-13)10-15/h2-9H,10,15H2,1H3. The predicted molar refractivity (Wildman–Crippen MR) is 72.6 cm³/mol. The third-order valence-electron chi connectivity index (χ3n) is 2.43. The highest BCUT2D eigenvalue weighted by Gasteiger charge is 1.98. The Morgan fingerprint density at radius 2 is 1.82 bits per heavy atom. The molecule has 0 saturated carbocycles. The van der Waals surface area contributed by atoms with Gasteiger partial charge in [-0.15, -0.1) is 11.8 Å². The minimum Gasteiger partial charge on any atom is -0.457 e. The summed E-state index contributed by atoms with van der Waals surface area (Å²) < 4.78 is 5.76. The molecular weight excluding hydrogens is 230 g/mol. The largest absolute Gasteiger partial charge is 0.457 e. The predicted octanol–water partition coefficient (Wildman–Crippen LogP) is 3.66. The van der Waals surface area contributed by atoms with Crippen molar-refractivity contribution < 1.29 is 4.74 Å². The molecule has 0 saturated heterocycles. The maximum Gasteiger partial charge on any atom is 0.127 e. The van der Waals surface area contributed by atoms with Crippen molar-refractivity contribution >= 4 is 11.8 Å². The van der Waals surface area contributed by atoms with Crippen LogP contribution in [-0.4, -0.2) is 6.26 Å². The molecule has 17 heavy (non-hydrogen) atoms. The third kappa shape index (κ3) is 3.25. The Labute approximate surface area is 106 Å². The molecule has 2 nitrogen and oxygen atoms in total. The second kappa shape index (κ2) is 5.75. The summed E-state index contributed by atoms with van der Waals surface area (Å²) in [6.45, 7) is 0.530. The van der Waals surface area contributed by atoms with E-state index in [1.54, 1.807) is 11.8 Å². The van der Waals surface area contributed by atoms with E-state index in [9.17, 15) is 0 Å². The Balaban J connectivity index is 2.13. The molecule has 0 bridgehead atoms. The van der Waals surface area contributed by atoms with Crippen LogP contribution in [0, 0.1) is 0 Å². The lowest BCUT2D eigenvalue weighted by Gasteiger charge is -2.07. The highest BCUT2D eigenvalue weighted by molar-refractivity contribution is 7.98. The van der Waals surface area contributed by atoms with Crippen molar-refractivity contribution in [3.63, 3.8) is 0 Å². The van der Waals surface area contributed by atoms with Gasteiger partial charge in [0.25, 0.3) is 0 Å². The highest BCUT2D eigenvalue weighted by atomic mass is 32.2. The van der Waals surface area contributed by atoms with Crippen molar-refractivity contribution in [3.05, 3.63) is 54.1 Å². The van der Waals surface area contributed by atoms with E-state index in [0.29, 0.717) is 6.54 Å². The molecule has 0 fully saturated rings. The first kappa shape index (κ1) is 12.0. The van der Waals surface area contributed by atoms with E-state index in [1.807, 2.05) is 48.5 Å². The van der Waals surface area contributed by atoms with Crippen LogP contribution in [0.25, 0.3) is 0 Å². The van der Waals surface area contributed by atoms with E-state index < -0.39 is 0 Å². The molecule has 0 unspecified atom stereocenters. The van der Waals surface area contributed by atoms with E-state index in [0.717, 1.165) is 17.1 Å². The summed E-state index contributed by atoms with van der Waals surface area (Å²) in [5, 5.41) is 0. The van der Waals surface area contributed by atoms with Gasteiger partial charge in [0.1, 0.15) is 11.5 Å². The van der Waals surface area contributed by atoms with E-state index >= 15 is 0 Å². The van der Waals surface area contributed by atoms with Gasteiger partial charge in [-0.05, 0) is 48.2 Å². The summed E-state index contributed by atoms with van der Waals surface area (Å²) in [6, 6.07) is 15.9. The van der Waals surface area contributed by atoms with Crippen LogP contribution in [0.2, 0.25) is 0 Å². The lowest BCUT2D eigenvalue weighted by molar-refractivity contribution is 0.481. The first-order valence-electron chi connectivity index (χ1n) is 5.43. The number of hydrogen-bond donors (Lipinski definition) is 1. The zero-order valence-electron chi connectivity index (χ0n) is 9.72. The van der Waals surface area contributed by atoms with Gasteiger partial charge in [0.2, 0.25) is 0 Å². The summed E-state index contributed by atoms with van der Waals surface area (Å²) in [4.78, 5) is 1.23. The van der Waals surface area contributed by atoms with Gasteiger partial charge < -0.3 is 10.5 Å². The number of nitrogens with two attached hydrogens (primary N) is 1. The summed E-state index contributed by atoms with van der Waals surface area (Å²) in [7, 11) is 0. The molecule has 0 aliphatic rings. The molecule has 0 spiro atoms. The molecule has 88 valence electrons. The minimum absolute atomic E-state index is 0.530. The smallest absolute Gasteiger partial charge is 0.127 e. The SMILES string of the molecule is CSc1ccc(Oc2cccc(CN)c2)cc1. The van der Waals surface area contributed by atoms with Crippen LogP contribution >= 0.6 is 11.8 Å². The fourth-order valence-electron chi connectivity index (χ4n) is 1.52. The van der Waals surface area contributed by atoms with Crippen LogP contribution < -0.4 is 10.5 Å². The number of rotatable bonds is 4. The Morgan fingerprint density at radius 1 is 1.06 bits per heavy atom. The Bertz CT molecular complexity index is 482. The summed E-state index contributed by atoms with van der Waals surface area (Å²) in [5.41, 5.74) is 6.66. The van der Waals surface area contributed by atoms with E-state index in [-0.39, 0.29) is 0 Å². The molecule has 0 atom stereocenters. The molecule has 2 aromatic rings. The molecule has 3 heteroatoms. The second-order valence-corrected chi connectivity index (χ2v) is 4.51. The molecule has 2 N–H and O–H groups in total. The van der Waals surface area contributed by atoms with Crippen molar-refractivity contribution in [1.82, 2.24) is 0 Å². The zero-order chi connectivity index (χ0) is 12.1. The molecule has 0 aliphatic carbocycles.